The second-order valence-corrected chi connectivity index (χ2v) is 11.7. The predicted molar refractivity (Wildman–Crippen MR) is 130 cm³/mol. The van der Waals surface area contributed by atoms with Crippen molar-refractivity contribution in [3.8, 4) is 0 Å². The zero-order valence-corrected chi connectivity index (χ0v) is 21.0. The van der Waals surface area contributed by atoms with Gasteiger partial charge in [0.1, 0.15) is 35.6 Å². The summed E-state index contributed by atoms with van der Waals surface area (Å²) in [6.45, 7) is -0.0729. The summed E-state index contributed by atoms with van der Waals surface area (Å²) in [5, 5.41) is 6.36. The third-order valence-electron chi connectivity index (χ3n) is 7.39. The van der Waals surface area contributed by atoms with Gasteiger partial charge in [0.15, 0.2) is 0 Å². The summed E-state index contributed by atoms with van der Waals surface area (Å²) >= 11 is 0. The van der Waals surface area contributed by atoms with Crippen molar-refractivity contribution in [1.82, 2.24) is 19.1 Å². The van der Waals surface area contributed by atoms with Crippen molar-refractivity contribution in [3.05, 3.63) is 77.9 Å². The van der Waals surface area contributed by atoms with Crippen LogP contribution < -0.4 is 4.90 Å². The van der Waals surface area contributed by atoms with Crippen molar-refractivity contribution in [2.24, 2.45) is 0 Å². The van der Waals surface area contributed by atoms with Gasteiger partial charge in [-0.3, -0.25) is 0 Å². The third-order valence-corrected chi connectivity index (χ3v) is 9.66. The molecule has 7 nitrogen and oxygen atoms in total. The van der Waals surface area contributed by atoms with Crippen LogP contribution >= 0.6 is 0 Å². The van der Waals surface area contributed by atoms with Gasteiger partial charge in [-0.05, 0) is 37.3 Å². The molecule has 1 unspecified atom stereocenters. The van der Waals surface area contributed by atoms with Gasteiger partial charge in [-0.1, -0.05) is 30.3 Å². The quantitative estimate of drug-likeness (QED) is 0.415. The van der Waals surface area contributed by atoms with Gasteiger partial charge < -0.3 is 9.47 Å². The first-order chi connectivity index (χ1) is 18.1. The van der Waals surface area contributed by atoms with E-state index in [1.54, 1.807) is 35.8 Å². The molecule has 13 heteroatoms. The second-order valence-electron chi connectivity index (χ2n) is 9.65. The summed E-state index contributed by atoms with van der Waals surface area (Å²) in [4.78, 5) is 1.67. The van der Waals surface area contributed by atoms with Crippen LogP contribution in [-0.2, 0) is 16.6 Å². The Balaban J connectivity index is 1.40. The van der Waals surface area contributed by atoms with Gasteiger partial charge in [0.2, 0.25) is 10.0 Å². The number of halogens is 5. The molecule has 38 heavy (non-hydrogen) atoms. The molecule has 0 bridgehead atoms. The van der Waals surface area contributed by atoms with Crippen molar-refractivity contribution in [2.75, 3.05) is 18.0 Å². The highest BCUT2D eigenvalue weighted by molar-refractivity contribution is 7.89. The lowest BCUT2D eigenvalue weighted by atomic mass is 10.0. The Kier molecular flexibility index (Phi) is 7.16. The van der Waals surface area contributed by atoms with E-state index in [4.69, 9.17) is 0 Å². The highest BCUT2D eigenvalue weighted by atomic mass is 32.2. The van der Waals surface area contributed by atoms with E-state index in [9.17, 15) is 21.6 Å². The molecule has 2 aromatic carbocycles. The van der Waals surface area contributed by atoms with E-state index in [0.717, 1.165) is 12.1 Å². The standard InChI is InChI=1S/C25H26F5N5O2S/c26-20-13-22(33-10-8-19(9-11-33)34-15-31-32-16-34)21(27)12-18(20)14-35-24(25(28,29)30)7-6-23(38(35,36)37)17-4-2-1-3-5-17/h1-5,12-13,15-16,19,23-24H,6-11,14H2/t23-,24?/m1/s1. The Morgan fingerprint density at radius 2 is 1.55 bits per heavy atom. The Bertz CT molecular complexity index is 1360. The van der Waals surface area contributed by atoms with E-state index in [1.165, 1.54) is 12.1 Å². The molecule has 0 saturated carbocycles. The van der Waals surface area contributed by atoms with E-state index in [0.29, 0.717) is 31.5 Å². The maximum Gasteiger partial charge on any atom is 0.405 e. The molecule has 0 amide bonds. The number of hydrogen-bond acceptors (Lipinski definition) is 5. The number of aromatic nitrogens is 3. The van der Waals surface area contributed by atoms with Crippen molar-refractivity contribution < 1.29 is 30.4 Å². The lowest BCUT2D eigenvalue weighted by Crippen LogP contribution is -2.52. The monoisotopic (exact) mass is 555 g/mol. The largest absolute Gasteiger partial charge is 0.405 e. The molecular weight excluding hydrogens is 529 g/mol. The van der Waals surface area contributed by atoms with Gasteiger partial charge in [-0.15, -0.1) is 10.2 Å². The number of benzene rings is 2. The van der Waals surface area contributed by atoms with E-state index in [1.807, 2.05) is 4.57 Å². The van der Waals surface area contributed by atoms with Crippen molar-refractivity contribution >= 4 is 15.7 Å². The highest BCUT2D eigenvalue weighted by Crippen LogP contribution is 2.43. The fourth-order valence-electron chi connectivity index (χ4n) is 5.39. The number of nitrogens with zero attached hydrogens (tertiary/aromatic N) is 5. The van der Waals surface area contributed by atoms with Crippen molar-refractivity contribution in [3.63, 3.8) is 0 Å². The Morgan fingerprint density at radius 1 is 0.895 bits per heavy atom. The first-order valence-corrected chi connectivity index (χ1v) is 13.8. The zero-order valence-electron chi connectivity index (χ0n) is 20.2. The molecule has 0 aliphatic carbocycles. The summed E-state index contributed by atoms with van der Waals surface area (Å²) in [5.74, 6) is -1.78. The second kappa shape index (κ2) is 10.3. The molecule has 0 N–H and O–H groups in total. The van der Waals surface area contributed by atoms with Crippen LogP contribution in [0.1, 0.15) is 48.1 Å². The number of anilines is 1. The minimum Gasteiger partial charge on any atom is -0.369 e. The van der Waals surface area contributed by atoms with Gasteiger partial charge in [0.25, 0.3) is 0 Å². The number of sulfonamides is 1. The maximum absolute atomic E-state index is 15.2. The predicted octanol–water partition coefficient (Wildman–Crippen LogP) is 5.00. The fraction of sp³-hybridized carbons (Fsp3) is 0.440. The number of piperidine rings is 1. The van der Waals surface area contributed by atoms with Crippen LogP contribution in [0.4, 0.5) is 27.6 Å². The minimum absolute atomic E-state index is 0.00973. The summed E-state index contributed by atoms with van der Waals surface area (Å²) in [6.07, 6.45) is -1.10. The van der Waals surface area contributed by atoms with Gasteiger partial charge in [0, 0.05) is 37.3 Å². The summed E-state index contributed by atoms with van der Waals surface area (Å²) < 4.78 is 101. The molecule has 1 aromatic heterocycles. The van der Waals surface area contributed by atoms with Crippen LogP contribution in [0.25, 0.3) is 0 Å². The average molecular weight is 556 g/mol. The Morgan fingerprint density at radius 3 is 2.18 bits per heavy atom. The van der Waals surface area contributed by atoms with Crippen LogP contribution in [0.2, 0.25) is 0 Å². The molecule has 2 atom stereocenters. The van der Waals surface area contributed by atoms with Crippen LogP contribution in [0.5, 0.6) is 0 Å². The van der Waals surface area contributed by atoms with Crippen LogP contribution in [0.15, 0.2) is 55.1 Å². The first-order valence-electron chi connectivity index (χ1n) is 12.2. The van der Waals surface area contributed by atoms with E-state index in [-0.39, 0.29) is 22.5 Å². The number of rotatable bonds is 5. The number of hydrogen-bond donors (Lipinski definition) is 0. The van der Waals surface area contributed by atoms with Gasteiger partial charge in [0.05, 0.1) is 5.69 Å². The van der Waals surface area contributed by atoms with Gasteiger partial charge in [-0.25, -0.2) is 17.2 Å². The van der Waals surface area contributed by atoms with E-state index < -0.39 is 57.7 Å². The van der Waals surface area contributed by atoms with E-state index >= 15 is 8.78 Å². The lowest BCUT2D eigenvalue weighted by Gasteiger charge is -2.40. The summed E-state index contributed by atoms with van der Waals surface area (Å²) in [5.41, 5.74) is -0.100. The van der Waals surface area contributed by atoms with Crippen molar-refractivity contribution in [1.29, 1.82) is 0 Å². The van der Waals surface area contributed by atoms with Gasteiger partial charge in [-0.2, -0.15) is 17.5 Å². The molecule has 2 saturated heterocycles. The Hall–Kier alpha value is -3.06. The molecule has 3 aromatic rings. The van der Waals surface area contributed by atoms with Gasteiger partial charge >= 0.3 is 6.18 Å². The molecule has 204 valence electrons. The average Bonchev–Trinajstić information content (AvgIpc) is 3.42. The molecular formula is C25H26F5N5O2S. The molecule has 5 rings (SSSR count). The number of alkyl halides is 3. The summed E-state index contributed by atoms with van der Waals surface area (Å²) in [7, 11) is -4.53. The van der Waals surface area contributed by atoms with Crippen LogP contribution in [0.3, 0.4) is 0 Å². The van der Waals surface area contributed by atoms with Crippen LogP contribution in [0, 0.1) is 11.6 Å². The summed E-state index contributed by atoms with van der Waals surface area (Å²) in [6, 6.07) is 7.50. The zero-order chi connectivity index (χ0) is 27.1. The topological polar surface area (TPSA) is 71.3 Å². The first kappa shape index (κ1) is 26.5. The smallest absolute Gasteiger partial charge is 0.369 e. The molecule has 0 spiro atoms. The lowest BCUT2D eigenvalue weighted by molar-refractivity contribution is -0.176. The normalized spacial score (nSPS) is 23.0. The molecule has 3 heterocycles. The fourth-order valence-corrected chi connectivity index (χ4v) is 7.55. The minimum atomic E-state index is -4.86. The SMILES string of the molecule is O=S1(=O)[C@@H](c2ccccc2)CCC(C(F)(F)F)N1Cc1cc(F)c(N2CCC(n3cnnc3)CC2)cc1F. The molecule has 2 aliphatic heterocycles. The molecule has 2 aliphatic rings. The molecule has 0 radical (unpaired) electrons. The Labute approximate surface area is 216 Å². The van der Waals surface area contributed by atoms with Crippen molar-refractivity contribution in [2.45, 2.75) is 55.7 Å². The highest BCUT2D eigenvalue weighted by Gasteiger charge is 2.53. The van der Waals surface area contributed by atoms with Crippen LogP contribution in [-0.4, -0.2) is 52.8 Å². The van der Waals surface area contributed by atoms with E-state index in [2.05, 4.69) is 10.2 Å². The third kappa shape index (κ3) is 5.13. The maximum atomic E-state index is 15.2. The molecule has 2 fully saturated rings.